The maximum absolute atomic E-state index is 15.1. The SMILES string of the molecule is O=C1N[C@@](c2ccccc2)(C(F)(F)F)C(c2nc3ccccc3s2)=C2Sc3ccccc3N12. The van der Waals surface area contributed by atoms with Gasteiger partial charge in [0, 0.05) is 4.90 Å². The molecule has 1 aromatic heterocycles. The minimum absolute atomic E-state index is 0.0659. The summed E-state index contributed by atoms with van der Waals surface area (Å²) in [5.41, 5.74) is -1.72. The van der Waals surface area contributed by atoms with Crippen molar-refractivity contribution in [1.82, 2.24) is 10.3 Å². The molecule has 3 heterocycles. The van der Waals surface area contributed by atoms with E-state index in [0.29, 0.717) is 16.1 Å². The lowest BCUT2D eigenvalue weighted by atomic mass is 9.80. The Morgan fingerprint density at radius 3 is 2.36 bits per heavy atom. The van der Waals surface area contributed by atoms with Gasteiger partial charge in [-0.1, -0.05) is 66.4 Å². The minimum atomic E-state index is -4.83. The number of para-hydroxylation sites is 2. The number of nitrogens with zero attached hydrogens (tertiary/aromatic N) is 2. The van der Waals surface area contributed by atoms with Crippen LogP contribution in [0.2, 0.25) is 0 Å². The average Bonchev–Trinajstić information content (AvgIpc) is 3.40. The van der Waals surface area contributed by atoms with Gasteiger partial charge in [0.1, 0.15) is 5.01 Å². The van der Waals surface area contributed by atoms with Gasteiger partial charge in [-0.2, -0.15) is 13.2 Å². The zero-order valence-electron chi connectivity index (χ0n) is 16.8. The summed E-state index contributed by atoms with van der Waals surface area (Å²) >= 11 is 2.35. The Balaban J connectivity index is 1.73. The highest BCUT2D eigenvalue weighted by atomic mass is 32.2. The van der Waals surface area contributed by atoms with E-state index in [2.05, 4.69) is 10.3 Å². The number of anilines is 1. The van der Waals surface area contributed by atoms with Crippen LogP contribution in [0.3, 0.4) is 0 Å². The van der Waals surface area contributed by atoms with E-state index in [-0.39, 0.29) is 21.2 Å². The van der Waals surface area contributed by atoms with Crippen LogP contribution in [-0.4, -0.2) is 17.2 Å². The fourth-order valence-corrected chi connectivity index (χ4v) is 6.68. The molecule has 0 fully saturated rings. The molecular formula is C24H14F3N3OS2. The van der Waals surface area contributed by atoms with Gasteiger partial charge in [-0.05, 0) is 29.8 Å². The number of thioether (sulfide) groups is 1. The number of alkyl halides is 3. The Bertz CT molecular complexity index is 1420. The van der Waals surface area contributed by atoms with E-state index in [4.69, 9.17) is 0 Å². The van der Waals surface area contributed by atoms with Crippen molar-refractivity contribution in [3.05, 3.63) is 94.5 Å². The Labute approximate surface area is 194 Å². The molecule has 6 rings (SSSR count). The monoisotopic (exact) mass is 481 g/mol. The fraction of sp³-hybridized carbons (Fsp3) is 0.0833. The molecule has 2 amide bonds. The second-order valence-electron chi connectivity index (χ2n) is 7.62. The molecule has 164 valence electrons. The highest BCUT2D eigenvalue weighted by Crippen LogP contribution is 2.59. The Kier molecular flexibility index (Phi) is 4.37. The fourth-order valence-electron chi connectivity index (χ4n) is 4.30. The van der Waals surface area contributed by atoms with E-state index in [1.54, 1.807) is 54.6 Å². The summed E-state index contributed by atoms with van der Waals surface area (Å²) in [6.45, 7) is 0. The molecule has 1 N–H and O–H groups in total. The van der Waals surface area contributed by atoms with Crippen LogP contribution in [0.5, 0.6) is 0 Å². The molecule has 0 unspecified atom stereocenters. The number of rotatable bonds is 2. The van der Waals surface area contributed by atoms with E-state index < -0.39 is 17.7 Å². The Morgan fingerprint density at radius 1 is 0.909 bits per heavy atom. The molecule has 4 nitrogen and oxygen atoms in total. The van der Waals surface area contributed by atoms with Gasteiger partial charge in [0.05, 0.1) is 26.5 Å². The second kappa shape index (κ2) is 7.10. The summed E-state index contributed by atoms with van der Waals surface area (Å²) < 4.78 is 46.2. The number of carbonyl (C=O) groups is 1. The van der Waals surface area contributed by atoms with E-state index in [1.807, 2.05) is 12.1 Å². The molecule has 33 heavy (non-hydrogen) atoms. The second-order valence-corrected chi connectivity index (χ2v) is 9.68. The number of thiazole rings is 1. The van der Waals surface area contributed by atoms with Crippen LogP contribution >= 0.6 is 23.1 Å². The molecule has 3 aromatic carbocycles. The van der Waals surface area contributed by atoms with Crippen LogP contribution < -0.4 is 10.2 Å². The number of carbonyl (C=O) groups excluding carboxylic acids is 1. The molecule has 0 bridgehead atoms. The average molecular weight is 482 g/mol. The highest BCUT2D eigenvalue weighted by Gasteiger charge is 2.65. The maximum atomic E-state index is 15.1. The Morgan fingerprint density at radius 2 is 1.61 bits per heavy atom. The van der Waals surface area contributed by atoms with Gasteiger partial charge < -0.3 is 5.32 Å². The number of nitrogens with one attached hydrogen (secondary N) is 1. The maximum Gasteiger partial charge on any atom is 0.420 e. The number of hydrogen-bond donors (Lipinski definition) is 1. The number of hydrogen-bond acceptors (Lipinski definition) is 4. The quantitative estimate of drug-likeness (QED) is 0.344. The number of urea groups is 1. The molecule has 0 radical (unpaired) electrons. The van der Waals surface area contributed by atoms with Crippen LogP contribution in [0, 0.1) is 0 Å². The van der Waals surface area contributed by atoms with Gasteiger partial charge in [0.15, 0.2) is 5.54 Å². The van der Waals surface area contributed by atoms with Crippen molar-refractivity contribution >= 4 is 50.6 Å². The summed E-state index contributed by atoms with van der Waals surface area (Å²) in [5.74, 6) is 0. The van der Waals surface area contributed by atoms with Crippen molar-refractivity contribution in [3.8, 4) is 0 Å². The number of halogens is 3. The minimum Gasteiger partial charge on any atom is -0.315 e. The van der Waals surface area contributed by atoms with E-state index >= 15 is 13.2 Å². The van der Waals surface area contributed by atoms with Crippen LogP contribution in [0.1, 0.15) is 10.6 Å². The predicted octanol–water partition coefficient (Wildman–Crippen LogP) is 6.76. The molecular weight excluding hydrogens is 467 g/mol. The summed E-state index contributed by atoms with van der Waals surface area (Å²) in [5, 5.41) is 2.79. The van der Waals surface area contributed by atoms with E-state index in [9.17, 15) is 4.79 Å². The summed E-state index contributed by atoms with van der Waals surface area (Å²) in [4.78, 5) is 19.9. The molecule has 0 saturated heterocycles. The molecule has 2 aliphatic rings. The summed E-state index contributed by atoms with van der Waals surface area (Å²) in [6, 6.07) is 21.0. The predicted molar refractivity (Wildman–Crippen MR) is 124 cm³/mol. The van der Waals surface area contributed by atoms with Crippen LogP contribution in [0.15, 0.2) is 88.8 Å². The summed E-state index contributed by atoms with van der Waals surface area (Å²) in [7, 11) is 0. The molecule has 4 aromatic rings. The number of benzene rings is 3. The molecule has 2 aliphatic heterocycles. The zero-order valence-corrected chi connectivity index (χ0v) is 18.4. The van der Waals surface area contributed by atoms with Crippen molar-refractivity contribution < 1.29 is 18.0 Å². The molecule has 0 aliphatic carbocycles. The van der Waals surface area contributed by atoms with Crippen molar-refractivity contribution in [2.75, 3.05) is 4.90 Å². The van der Waals surface area contributed by atoms with E-state index in [1.165, 1.54) is 28.4 Å². The lowest BCUT2D eigenvalue weighted by Crippen LogP contribution is -2.62. The van der Waals surface area contributed by atoms with Gasteiger partial charge in [-0.3, -0.25) is 4.90 Å². The largest absolute Gasteiger partial charge is 0.420 e. The first kappa shape index (κ1) is 20.3. The van der Waals surface area contributed by atoms with Crippen molar-refractivity contribution in [2.45, 2.75) is 16.6 Å². The molecule has 0 saturated carbocycles. The van der Waals surface area contributed by atoms with Gasteiger partial charge in [0.2, 0.25) is 0 Å². The van der Waals surface area contributed by atoms with Gasteiger partial charge >= 0.3 is 12.2 Å². The third-order valence-electron chi connectivity index (χ3n) is 5.74. The summed E-state index contributed by atoms with van der Waals surface area (Å²) in [6.07, 6.45) is -4.83. The van der Waals surface area contributed by atoms with Crippen molar-refractivity contribution in [1.29, 1.82) is 0 Å². The number of amides is 2. The number of fused-ring (bicyclic) bond motifs is 4. The van der Waals surface area contributed by atoms with Crippen molar-refractivity contribution in [3.63, 3.8) is 0 Å². The lowest BCUT2D eigenvalue weighted by Gasteiger charge is -2.43. The van der Waals surface area contributed by atoms with Gasteiger partial charge in [-0.25, -0.2) is 9.78 Å². The Hall–Kier alpha value is -3.30. The van der Waals surface area contributed by atoms with Crippen molar-refractivity contribution in [2.24, 2.45) is 0 Å². The van der Waals surface area contributed by atoms with Crippen LogP contribution in [0.4, 0.5) is 23.7 Å². The standard InChI is InChI=1S/C24H14F3N3OS2/c25-24(26,27)23(14-8-2-1-3-9-14)19(20-28-15-10-4-6-12-17(15)32-20)21-30(22(31)29-23)16-11-5-7-13-18(16)33-21/h1-13H,(H,29,31)/t23-/m1/s1. The third-order valence-corrected chi connectivity index (χ3v) is 7.94. The van der Waals surface area contributed by atoms with E-state index in [0.717, 1.165) is 16.5 Å². The highest BCUT2D eigenvalue weighted by molar-refractivity contribution is 8.04. The zero-order chi connectivity index (χ0) is 22.8. The van der Waals surface area contributed by atoms with Crippen LogP contribution in [0.25, 0.3) is 15.8 Å². The molecule has 1 atom stereocenters. The smallest absolute Gasteiger partial charge is 0.315 e. The first-order valence-electron chi connectivity index (χ1n) is 10.0. The first-order chi connectivity index (χ1) is 15.9. The third kappa shape index (κ3) is 2.85. The molecule has 0 spiro atoms. The van der Waals surface area contributed by atoms with Gasteiger partial charge in [0.25, 0.3) is 0 Å². The van der Waals surface area contributed by atoms with Crippen LogP contribution in [-0.2, 0) is 5.54 Å². The topological polar surface area (TPSA) is 45.2 Å². The number of aromatic nitrogens is 1. The van der Waals surface area contributed by atoms with Gasteiger partial charge in [-0.15, -0.1) is 11.3 Å². The first-order valence-corrected chi connectivity index (χ1v) is 11.7. The molecule has 9 heteroatoms. The lowest BCUT2D eigenvalue weighted by molar-refractivity contribution is -0.178. The normalized spacial score (nSPS) is 20.1.